The second-order valence-electron chi connectivity index (χ2n) is 6.27. The van der Waals surface area contributed by atoms with Crippen LogP contribution in [-0.2, 0) is 16.1 Å². The van der Waals surface area contributed by atoms with Crippen LogP contribution in [0, 0.1) is 5.92 Å². The number of nitrogens with zero attached hydrogens (tertiary/aromatic N) is 1. The molecule has 0 aromatic heterocycles. The van der Waals surface area contributed by atoms with Crippen LogP contribution in [0.4, 0.5) is 9.59 Å². The summed E-state index contributed by atoms with van der Waals surface area (Å²) in [6.45, 7) is 1.62. The van der Waals surface area contributed by atoms with Gasteiger partial charge in [0.15, 0.2) is 0 Å². The lowest BCUT2D eigenvalue weighted by Gasteiger charge is -2.29. The summed E-state index contributed by atoms with van der Waals surface area (Å²) in [6, 6.07) is 9.29. The van der Waals surface area contributed by atoms with E-state index in [0.29, 0.717) is 25.6 Å². The molecule has 1 aromatic rings. The lowest BCUT2D eigenvalue weighted by molar-refractivity contribution is -0.120. The van der Waals surface area contributed by atoms with Gasteiger partial charge < -0.3 is 25.4 Å². The molecule has 26 heavy (non-hydrogen) atoms. The van der Waals surface area contributed by atoms with Crippen LogP contribution in [0.1, 0.15) is 24.8 Å². The van der Waals surface area contributed by atoms with Gasteiger partial charge in [-0.2, -0.15) is 0 Å². The van der Waals surface area contributed by atoms with Crippen molar-refractivity contribution in [2.45, 2.75) is 25.9 Å². The lowest BCUT2D eigenvalue weighted by atomic mass is 9.94. The van der Waals surface area contributed by atoms with Crippen molar-refractivity contribution in [3.63, 3.8) is 0 Å². The number of amides is 3. The molecule has 3 amide bonds. The minimum absolute atomic E-state index is 0.134. The van der Waals surface area contributed by atoms with Gasteiger partial charge in [-0.15, -0.1) is 0 Å². The van der Waals surface area contributed by atoms with Gasteiger partial charge >= 0.3 is 12.2 Å². The summed E-state index contributed by atoms with van der Waals surface area (Å²) in [7, 11) is 0. The summed E-state index contributed by atoms with van der Waals surface area (Å²) in [6.07, 6.45) is 0.919. The maximum atomic E-state index is 11.7. The van der Waals surface area contributed by atoms with Gasteiger partial charge in [-0.1, -0.05) is 30.3 Å². The standard InChI is InChI=1S/C18H25N3O5/c22-16(12-20-17(23)26-13-15-4-2-1-3-5-15)19-9-6-14-7-10-21(11-8-14)18(24)25/h1-5,14H,6-13H2,(H,19,22)(H,20,23)(H,24,25). The average molecular weight is 363 g/mol. The van der Waals surface area contributed by atoms with Crippen molar-refractivity contribution in [2.24, 2.45) is 5.92 Å². The zero-order chi connectivity index (χ0) is 18.8. The first kappa shape index (κ1) is 19.6. The highest BCUT2D eigenvalue weighted by molar-refractivity contribution is 5.82. The van der Waals surface area contributed by atoms with E-state index >= 15 is 0 Å². The fourth-order valence-corrected chi connectivity index (χ4v) is 2.82. The van der Waals surface area contributed by atoms with E-state index in [9.17, 15) is 14.4 Å². The number of nitrogens with one attached hydrogen (secondary N) is 2. The SMILES string of the molecule is O=C(CNC(=O)OCc1ccccc1)NCCC1CCN(C(=O)O)CC1. The molecule has 0 aliphatic carbocycles. The van der Waals surface area contributed by atoms with Crippen LogP contribution in [0.15, 0.2) is 30.3 Å². The molecule has 1 aliphatic heterocycles. The molecule has 0 atom stereocenters. The largest absolute Gasteiger partial charge is 0.465 e. The first-order valence-electron chi connectivity index (χ1n) is 8.73. The molecule has 1 heterocycles. The van der Waals surface area contributed by atoms with E-state index < -0.39 is 12.2 Å². The topological polar surface area (TPSA) is 108 Å². The number of hydrogen-bond donors (Lipinski definition) is 3. The number of alkyl carbamates (subject to hydrolysis) is 1. The normalized spacial score (nSPS) is 14.5. The van der Waals surface area contributed by atoms with E-state index in [-0.39, 0.29) is 19.1 Å². The van der Waals surface area contributed by atoms with Crippen LogP contribution in [0.5, 0.6) is 0 Å². The van der Waals surface area contributed by atoms with Gasteiger partial charge in [0.1, 0.15) is 6.61 Å². The predicted octanol–water partition coefficient (Wildman–Crippen LogP) is 1.81. The minimum Gasteiger partial charge on any atom is -0.465 e. The van der Waals surface area contributed by atoms with Crippen molar-refractivity contribution >= 4 is 18.1 Å². The Balaban J connectivity index is 1.52. The third-order valence-corrected chi connectivity index (χ3v) is 4.37. The van der Waals surface area contributed by atoms with Crippen molar-refractivity contribution in [3.05, 3.63) is 35.9 Å². The van der Waals surface area contributed by atoms with Gasteiger partial charge in [-0.3, -0.25) is 4.79 Å². The fraction of sp³-hybridized carbons (Fsp3) is 0.500. The first-order valence-corrected chi connectivity index (χ1v) is 8.73. The molecule has 0 radical (unpaired) electrons. The maximum Gasteiger partial charge on any atom is 0.407 e. The zero-order valence-corrected chi connectivity index (χ0v) is 14.6. The molecule has 8 heteroatoms. The Kier molecular flexibility index (Phi) is 7.73. The van der Waals surface area contributed by atoms with Crippen LogP contribution in [0.3, 0.4) is 0 Å². The van der Waals surface area contributed by atoms with Crippen LogP contribution in [0.25, 0.3) is 0 Å². The van der Waals surface area contributed by atoms with Crippen LogP contribution < -0.4 is 10.6 Å². The molecule has 0 bridgehead atoms. The molecule has 0 saturated carbocycles. The number of carboxylic acid groups (broad SMARTS) is 1. The maximum absolute atomic E-state index is 11.7. The monoisotopic (exact) mass is 363 g/mol. The van der Waals surface area contributed by atoms with E-state index in [2.05, 4.69) is 10.6 Å². The van der Waals surface area contributed by atoms with E-state index in [0.717, 1.165) is 24.8 Å². The van der Waals surface area contributed by atoms with Crippen LogP contribution in [-0.4, -0.2) is 54.3 Å². The summed E-state index contributed by atoms with van der Waals surface area (Å²) >= 11 is 0. The first-order chi connectivity index (χ1) is 12.5. The van der Waals surface area contributed by atoms with Crippen molar-refractivity contribution < 1.29 is 24.2 Å². The number of hydrogen-bond acceptors (Lipinski definition) is 4. The zero-order valence-electron chi connectivity index (χ0n) is 14.6. The van der Waals surface area contributed by atoms with Crippen LogP contribution >= 0.6 is 0 Å². The molecule has 2 rings (SSSR count). The highest BCUT2D eigenvalue weighted by atomic mass is 16.5. The lowest BCUT2D eigenvalue weighted by Crippen LogP contribution is -2.40. The second-order valence-corrected chi connectivity index (χ2v) is 6.27. The Morgan fingerprint density at radius 2 is 1.81 bits per heavy atom. The predicted molar refractivity (Wildman–Crippen MR) is 94.6 cm³/mol. The number of carbonyl (C=O) groups excluding carboxylic acids is 2. The highest BCUT2D eigenvalue weighted by Gasteiger charge is 2.21. The quantitative estimate of drug-likeness (QED) is 0.685. The van der Waals surface area contributed by atoms with Gasteiger partial charge in [0.25, 0.3) is 0 Å². The van der Waals surface area contributed by atoms with Gasteiger partial charge in [0, 0.05) is 19.6 Å². The van der Waals surface area contributed by atoms with E-state index in [1.54, 1.807) is 0 Å². The molecule has 3 N–H and O–H groups in total. The summed E-state index contributed by atoms with van der Waals surface area (Å²) in [5, 5.41) is 14.1. The molecule has 1 saturated heterocycles. The highest BCUT2D eigenvalue weighted by Crippen LogP contribution is 2.19. The number of ether oxygens (including phenoxy) is 1. The number of benzene rings is 1. The van der Waals surface area contributed by atoms with E-state index in [1.807, 2.05) is 30.3 Å². The molecule has 0 spiro atoms. The Hall–Kier alpha value is -2.77. The van der Waals surface area contributed by atoms with Crippen molar-refractivity contribution in [3.8, 4) is 0 Å². The number of likely N-dealkylation sites (tertiary alicyclic amines) is 1. The molecule has 142 valence electrons. The van der Waals surface area contributed by atoms with Gasteiger partial charge in [-0.05, 0) is 30.7 Å². The van der Waals surface area contributed by atoms with E-state index in [4.69, 9.17) is 9.84 Å². The molecule has 0 unspecified atom stereocenters. The Morgan fingerprint density at radius 3 is 2.46 bits per heavy atom. The summed E-state index contributed by atoms with van der Waals surface area (Å²) in [5.74, 6) is 0.138. The second kappa shape index (κ2) is 10.3. The van der Waals surface area contributed by atoms with Crippen molar-refractivity contribution in [1.29, 1.82) is 0 Å². The molecular formula is C18H25N3O5. The summed E-state index contributed by atoms with van der Waals surface area (Å²) < 4.78 is 5.02. The van der Waals surface area contributed by atoms with Gasteiger partial charge in [0.05, 0.1) is 6.54 Å². The van der Waals surface area contributed by atoms with Crippen molar-refractivity contribution in [1.82, 2.24) is 15.5 Å². The molecule has 1 fully saturated rings. The van der Waals surface area contributed by atoms with Crippen molar-refractivity contribution in [2.75, 3.05) is 26.2 Å². The van der Waals surface area contributed by atoms with Gasteiger partial charge in [-0.25, -0.2) is 9.59 Å². The molecule has 8 nitrogen and oxygen atoms in total. The number of rotatable bonds is 7. The molecule has 1 aromatic carbocycles. The number of carbonyl (C=O) groups is 3. The smallest absolute Gasteiger partial charge is 0.407 e. The average Bonchev–Trinajstić information content (AvgIpc) is 2.66. The van der Waals surface area contributed by atoms with E-state index in [1.165, 1.54) is 4.90 Å². The summed E-state index contributed by atoms with van der Waals surface area (Å²) in [5.41, 5.74) is 0.876. The third kappa shape index (κ3) is 7.00. The van der Waals surface area contributed by atoms with Crippen LogP contribution in [0.2, 0.25) is 0 Å². The Labute approximate surface area is 152 Å². The Bertz CT molecular complexity index is 600. The fourth-order valence-electron chi connectivity index (χ4n) is 2.82. The molecule has 1 aliphatic rings. The number of piperidine rings is 1. The third-order valence-electron chi connectivity index (χ3n) is 4.37. The van der Waals surface area contributed by atoms with Gasteiger partial charge in [0.2, 0.25) is 5.91 Å². The summed E-state index contributed by atoms with van der Waals surface area (Å²) in [4.78, 5) is 35.6. The minimum atomic E-state index is -0.873. The Morgan fingerprint density at radius 1 is 1.12 bits per heavy atom. The molecular weight excluding hydrogens is 338 g/mol.